The number of nitrogens with two attached hydrogens (primary N) is 1. The summed E-state index contributed by atoms with van der Waals surface area (Å²) < 4.78 is 21.3. The van der Waals surface area contributed by atoms with Crippen LogP contribution in [0.2, 0.25) is 0 Å². The Labute approximate surface area is 121 Å². The van der Waals surface area contributed by atoms with E-state index >= 15 is 0 Å². The molecule has 1 rings (SSSR count). The van der Waals surface area contributed by atoms with E-state index in [1.54, 1.807) is 14.2 Å². The van der Waals surface area contributed by atoms with E-state index in [2.05, 4.69) is 0 Å². The predicted molar refractivity (Wildman–Crippen MR) is 78.4 cm³/mol. The highest BCUT2D eigenvalue weighted by Gasteiger charge is 2.09. The van der Waals surface area contributed by atoms with Crippen LogP contribution in [0.3, 0.4) is 0 Å². The van der Waals surface area contributed by atoms with Crippen molar-refractivity contribution in [2.75, 3.05) is 40.6 Å². The maximum absolute atomic E-state index is 5.93. The SMILES string of the molecule is COCCCOCCOc1cc(OC)ccc1[C@@H](C)N. The molecule has 0 spiro atoms. The molecule has 114 valence electrons. The number of hydrogen-bond donors (Lipinski definition) is 1. The number of methoxy groups -OCH3 is 2. The molecule has 0 amide bonds. The minimum atomic E-state index is -0.0847. The van der Waals surface area contributed by atoms with Crippen molar-refractivity contribution in [1.29, 1.82) is 0 Å². The van der Waals surface area contributed by atoms with E-state index in [4.69, 9.17) is 24.7 Å². The lowest BCUT2D eigenvalue weighted by molar-refractivity contribution is 0.0803. The van der Waals surface area contributed by atoms with E-state index in [1.165, 1.54) is 0 Å². The van der Waals surface area contributed by atoms with Gasteiger partial charge in [0.05, 0.1) is 13.7 Å². The minimum Gasteiger partial charge on any atom is -0.497 e. The Morgan fingerprint density at radius 2 is 1.90 bits per heavy atom. The van der Waals surface area contributed by atoms with Gasteiger partial charge in [-0.2, -0.15) is 0 Å². The molecule has 0 bridgehead atoms. The van der Waals surface area contributed by atoms with Crippen molar-refractivity contribution in [2.45, 2.75) is 19.4 Å². The lowest BCUT2D eigenvalue weighted by atomic mass is 10.1. The molecule has 0 radical (unpaired) electrons. The van der Waals surface area contributed by atoms with Gasteiger partial charge in [-0.05, 0) is 19.4 Å². The standard InChI is InChI=1S/C15H25NO4/c1-12(16)14-6-5-13(18-3)11-15(14)20-10-9-19-8-4-7-17-2/h5-6,11-12H,4,7-10,16H2,1-3H3/t12-/m1/s1. The molecule has 0 heterocycles. The normalized spacial score (nSPS) is 12.2. The second-order valence-electron chi connectivity index (χ2n) is 4.50. The summed E-state index contributed by atoms with van der Waals surface area (Å²) >= 11 is 0. The Morgan fingerprint density at radius 3 is 2.55 bits per heavy atom. The van der Waals surface area contributed by atoms with Crippen LogP contribution in [0.15, 0.2) is 18.2 Å². The molecule has 0 unspecified atom stereocenters. The van der Waals surface area contributed by atoms with Crippen LogP contribution in [0.1, 0.15) is 24.9 Å². The van der Waals surface area contributed by atoms with Gasteiger partial charge in [0.1, 0.15) is 18.1 Å². The van der Waals surface area contributed by atoms with Crippen LogP contribution in [-0.4, -0.2) is 40.6 Å². The van der Waals surface area contributed by atoms with Crippen molar-refractivity contribution >= 4 is 0 Å². The van der Waals surface area contributed by atoms with E-state index in [0.717, 1.165) is 23.5 Å². The van der Waals surface area contributed by atoms with Crippen LogP contribution in [0, 0.1) is 0 Å². The van der Waals surface area contributed by atoms with Gasteiger partial charge in [-0.3, -0.25) is 0 Å². The highest BCUT2D eigenvalue weighted by molar-refractivity contribution is 5.42. The molecule has 0 fully saturated rings. The lowest BCUT2D eigenvalue weighted by Gasteiger charge is -2.15. The maximum Gasteiger partial charge on any atom is 0.127 e. The first-order valence-electron chi connectivity index (χ1n) is 6.82. The third kappa shape index (κ3) is 5.77. The van der Waals surface area contributed by atoms with Crippen molar-refractivity contribution in [3.8, 4) is 11.5 Å². The van der Waals surface area contributed by atoms with Gasteiger partial charge in [0, 0.05) is 38.0 Å². The van der Waals surface area contributed by atoms with Crippen LogP contribution >= 0.6 is 0 Å². The second kappa shape index (κ2) is 9.58. The summed E-state index contributed by atoms with van der Waals surface area (Å²) in [6.07, 6.45) is 0.890. The highest BCUT2D eigenvalue weighted by atomic mass is 16.5. The quantitative estimate of drug-likeness (QED) is 0.667. The second-order valence-corrected chi connectivity index (χ2v) is 4.50. The molecule has 0 saturated heterocycles. The fourth-order valence-corrected chi connectivity index (χ4v) is 1.76. The number of benzene rings is 1. The Balaban J connectivity index is 2.41. The van der Waals surface area contributed by atoms with Crippen molar-refractivity contribution in [2.24, 2.45) is 5.73 Å². The van der Waals surface area contributed by atoms with E-state index in [1.807, 2.05) is 25.1 Å². The van der Waals surface area contributed by atoms with Gasteiger partial charge in [0.25, 0.3) is 0 Å². The molecule has 0 saturated carbocycles. The topological polar surface area (TPSA) is 62.9 Å². The molecule has 5 heteroatoms. The molecule has 0 aromatic heterocycles. The number of ether oxygens (including phenoxy) is 4. The third-order valence-corrected chi connectivity index (χ3v) is 2.83. The predicted octanol–water partition coefficient (Wildman–Crippen LogP) is 2.15. The van der Waals surface area contributed by atoms with E-state index in [-0.39, 0.29) is 6.04 Å². The Hall–Kier alpha value is -1.30. The van der Waals surface area contributed by atoms with Gasteiger partial charge >= 0.3 is 0 Å². The lowest BCUT2D eigenvalue weighted by Crippen LogP contribution is -2.12. The smallest absolute Gasteiger partial charge is 0.127 e. The highest BCUT2D eigenvalue weighted by Crippen LogP contribution is 2.28. The van der Waals surface area contributed by atoms with Gasteiger partial charge < -0.3 is 24.7 Å². The van der Waals surface area contributed by atoms with Crippen LogP contribution in [0.25, 0.3) is 0 Å². The van der Waals surface area contributed by atoms with Gasteiger partial charge in [-0.1, -0.05) is 6.07 Å². The summed E-state index contributed by atoms with van der Waals surface area (Å²) in [5, 5.41) is 0. The minimum absolute atomic E-state index is 0.0847. The van der Waals surface area contributed by atoms with E-state index < -0.39 is 0 Å². The fourth-order valence-electron chi connectivity index (χ4n) is 1.76. The van der Waals surface area contributed by atoms with E-state index in [0.29, 0.717) is 26.4 Å². The molecule has 0 aliphatic carbocycles. The molecule has 0 aliphatic rings. The van der Waals surface area contributed by atoms with Crippen molar-refractivity contribution < 1.29 is 18.9 Å². The average molecular weight is 283 g/mol. The third-order valence-electron chi connectivity index (χ3n) is 2.83. The van der Waals surface area contributed by atoms with Crippen molar-refractivity contribution in [1.82, 2.24) is 0 Å². The van der Waals surface area contributed by atoms with Gasteiger partial charge in [0.2, 0.25) is 0 Å². The first kappa shape index (κ1) is 16.8. The Kier molecular flexibility index (Phi) is 8.02. The zero-order chi connectivity index (χ0) is 14.8. The zero-order valence-corrected chi connectivity index (χ0v) is 12.6. The summed E-state index contributed by atoms with van der Waals surface area (Å²) in [6.45, 7) is 4.34. The summed E-state index contributed by atoms with van der Waals surface area (Å²) in [6, 6.07) is 5.58. The first-order chi connectivity index (χ1) is 9.69. The molecule has 20 heavy (non-hydrogen) atoms. The van der Waals surface area contributed by atoms with Crippen molar-refractivity contribution in [3.63, 3.8) is 0 Å². The zero-order valence-electron chi connectivity index (χ0n) is 12.6. The first-order valence-corrected chi connectivity index (χ1v) is 6.82. The molecular formula is C15H25NO4. The summed E-state index contributed by atoms with van der Waals surface area (Å²) in [5.41, 5.74) is 6.89. The van der Waals surface area contributed by atoms with Crippen LogP contribution in [0.4, 0.5) is 0 Å². The van der Waals surface area contributed by atoms with Gasteiger partial charge in [-0.15, -0.1) is 0 Å². The van der Waals surface area contributed by atoms with Gasteiger partial charge in [0.15, 0.2) is 0 Å². The number of hydrogen-bond acceptors (Lipinski definition) is 5. The monoisotopic (exact) mass is 283 g/mol. The Morgan fingerprint density at radius 1 is 1.10 bits per heavy atom. The van der Waals surface area contributed by atoms with Crippen LogP contribution in [-0.2, 0) is 9.47 Å². The van der Waals surface area contributed by atoms with Crippen LogP contribution < -0.4 is 15.2 Å². The molecule has 1 aromatic rings. The van der Waals surface area contributed by atoms with Crippen molar-refractivity contribution in [3.05, 3.63) is 23.8 Å². The summed E-state index contributed by atoms with van der Waals surface area (Å²) in [4.78, 5) is 0. The number of rotatable bonds is 10. The summed E-state index contributed by atoms with van der Waals surface area (Å²) in [5.74, 6) is 1.50. The van der Waals surface area contributed by atoms with Gasteiger partial charge in [-0.25, -0.2) is 0 Å². The van der Waals surface area contributed by atoms with Crippen LogP contribution in [0.5, 0.6) is 11.5 Å². The summed E-state index contributed by atoms with van der Waals surface area (Å²) in [7, 11) is 3.31. The molecule has 1 aromatic carbocycles. The molecule has 1 atom stereocenters. The fraction of sp³-hybridized carbons (Fsp3) is 0.600. The molecule has 0 aliphatic heterocycles. The van der Waals surface area contributed by atoms with E-state index in [9.17, 15) is 0 Å². The average Bonchev–Trinajstić information content (AvgIpc) is 2.45. The molecule has 2 N–H and O–H groups in total. The Bertz CT molecular complexity index is 382. The largest absolute Gasteiger partial charge is 0.497 e. The maximum atomic E-state index is 5.93. The molecular weight excluding hydrogens is 258 g/mol. The molecule has 5 nitrogen and oxygen atoms in total.